The summed E-state index contributed by atoms with van der Waals surface area (Å²) in [5.74, 6) is -0.339. The molecule has 0 fully saturated rings. The number of hydrogen-bond acceptors (Lipinski definition) is 2. The van der Waals surface area contributed by atoms with Crippen LogP contribution in [0, 0.1) is 0 Å². The van der Waals surface area contributed by atoms with Crippen molar-refractivity contribution in [1.82, 2.24) is 10.6 Å². The molecule has 20 heavy (non-hydrogen) atoms. The second kappa shape index (κ2) is 8.55. The van der Waals surface area contributed by atoms with Crippen LogP contribution in [0.5, 0.6) is 0 Å². The topological polar surface area (TPSA) is 74.8 Å². The zero-order chi connectivity index (χ0) is 15.0. The molecule has 0 unspecified atom stereocenters. The minimum Gasteiger partial charge on any atom is -0.355 e. The van der Waals surface area contributed by atoms with Crippen LogP contribution in [-0.2, 0) is 9.59 Å². The normalized spacial score (nSPS) is 11.8. The average molecular weight is 299 g/mol. The Bertz CT molecular complexity index is 465. The number of nitrogens with one attached hydrogen (secondary N) is 2. The molecule has 2 amide bonds. The first kappa shape index (κ1) is 16.5. The number of likely N-dealkylation sites (N-methyl/N-ethyl adjacent to an activating group) is 1. The predicted octanol–water partition coefficient (Wildman–Crippen LogP) is 0.217. The Labute approximate surface area is 124 Å². The Kier molecular flexibility index (Phi) is 7.04. The van der Waals surface area contributed by atoms with Gasteiger partial charge in [0.15, 0.2) is 6.54 Å². The van der Waals surface area contributed by atoms with Crippen molar-refractivity contribution in [1.29, 1.82) is 0 Å². The second-order valence-corrected chi connectivity index (χ2v) is 4.95. The fourth-order valence-corrected chi connectivity index (χ4v) is 1.92. The highest BCUT2D eigenvalue weighted by Crippen LogP contribution is 2.14. The molecule has 1 aromatic carbocycles. The molecular weight excluding hydrogens is 278 g/mol. The lowest BCUT2D eigenvalue weighted by atomic mass is 10.1. The summed E-state index contributed by atoms with van der Waals surface area (Å²) in [5.41, 5.74) is 1.06. The highest BCUT2D eigenvalue weighted by molar-refractivity contribution is 6.30. The van der Waals surface area contributed by atoms with E-state index in [0.29, 0.717) is 11.6 Å². The Morgan fingerprint density at radius 2 is 2.05 bits per heavy atom. The SMILES string of the molecule is CCNC(=O)CNC(=O)C[NH2+][C@@H](C)c1cccc(Cl)c1. The number of hydrogen-bond donors (Lipinski definition) is 3. The quantitative estimate of drug-likeness (QED) is 0.673. The van der Waals surface area contributed by atoms with Crippen LogP contribution < -0.4 is 16.0 Å². The van der Waals surface area contributed by atoms with Crippen LogP contribution >= 0.6 is 11.6 Å². The maximum Gasteiger partial charge on any atom is 0.275 e. The van der Waals surface area contributed by atoms with Crippen LogP contribution in [0.4, 0.5) is 0 Å². The molecule has 0 aliphatic rings. The molecule has 0 saturated carbocycles. The molecule has 0 aliphatic carbocycles. The highest BCUT2D eigenvalue weighted by atomic mass is 35.5. The molecule has 1 rings (SSSR count). The summed E-state index contributed by atoms with van der Waals surface area (Å²) in [4.78, 5) is 22.8. The average Bonchev–Trinajstić information content (AvgIpc) is 2.43. The molecule has 1 atom stereocenters. The number of carbonyl (C=O) groups excluding carboxylic acids is 2. The summed E-state index contributed by atoms with van der Waals surface area (Å²) in [6.07, 6.45) is 0. The van der Waals surface area contributed by atoms with Gasteiger partial charge in [-0.15, -0.1) is 0 Å². The molecule has 6 heteroatoms. The van der Waals surface area contributed by atoms with Crippen molar-refractivity contribution in [2.45, 2.75) is 19.9 Å². The lowest BCUT2D eigenvalue weighted by Gasteiger charge is -2.11. The van der Waals surface area contributed by atoms with Gasteiger partial charge in [0, 0.05) is 17.1 Å². The Balaban J connectivity index is 2.32. The number of halogens is 1. The van der Waals surface area contributed by atoms with Gasteiger partial charge < -0.3 is 16.0 Å². The minimum atomic E-state index is -0.177. The molecular formula is C14H21ClN3O2+. The first-order chi connectivity index (χ1) is 9.52. The summed E-state index contributed by atoms with van der Waals surface area (Å²) in [5, 5.41) is 7.78. The van der Waals surface area contributed by atoms with Gasteiger partial charge in [-0.3, -0.25) is 9.59 Å². The van der Waals surface area contributed by atoms with Gasteiger partial charge in [-0.25, -0.2) is 0 Å². The Hall–Kier alpha value is -1.59. The largest absolute Gasteiger partial charge is 0.355 e. The lowest BCUT2D eigenvalue weighted by molar-refractivity contribution is -0.682. The molecule has 0 bridgehead atoms. The van der Waals surface area contributed by atoms with Crippen LogP contribution in [-0.4, -0.2) is 31.4 Å². The molecule has 110 valence electrons. The zero-order valence-corrected chi connectivity index (χ0v) is 12.5. The molecule has 0 spiro atoms. The van der Waals surface area contributed by atoms with Crippen molar-refractivity contribution in [2.24, 2.45) is 0 Å². The number of amides is 2. The van der Waals surface area contributed by atoms with E-state index in [9.17, 15) is 9.59 Å². The van der Waals surface area contributed by atoms with E-state index in [4.69, 9.17) is 11.6 Å². The van der Waals surface area contributed by atoms with E-state index >= 15 is 0 Å². The van der Waals surface area contributed by atoms with Crippen LogP contribution in [0.2, 0.25) is 5.02 Å². The van der Waals surface area contributed by atoms with Crippen LogP contribution in [0.25, 0.3) is 0 Å². The second-order valence-electron chi connectivity index (χ2n) is 4.51. The number of quaternary nitrogens is 1. The van der Waals surface area contributed by atoms with Crippen molar-refractivity contribution >= 4 is 23.4 Å². The van der Waals surface area contributed by atoms with E-state index in [1.54, 1.807) is 0 Å². The Morgan fingerprint density at radius 1 is 1.30 bits per heavy atom. The molecule has 0 aromatic heterocycles. The van der Waals surface area contributed by atoms with Gasteiger partial charge in [0.05, 0.1) is 6.54 Å². The number of rotatable bonds is 7. The van der Waals surface area contributed by atoms with E-state index < -0.39 is 0 Å². The van der Waals surface area contributed by atoms with Crippen molar-refractivity contribution in [3.8, 4) is 0 Å². The standard InChI is InChI=1S/C14H20ClN3O2/c1-3-16-13(19)9-18-14(20)8-17-10(2)11-5-4-6-12(15)7-11/h4-7,10,17H,3,8-9H2,1-2H3,(H,16,19)(H,18,20)/p+1/t10-/m0/s1. The van der Waals surface area contributed by atoms with Crippen molar-refractivity contribution < 1.29 is 14.9 Å². The minimum absolute atomic E-state index is 0.0199. The predicted molar refractivity (Wildman–Crippen MR) is 78.4 cm³/mol. The third kappa shape index (κ3) is 6.04. The molecule has 1 aromatic rings. The van der Waals surface area contributed by atoms with E-state index in [0.717, 1.165) is 5.56 Å². The first-order valence-corrected chi connectivity index (χ1v) is 7.03. The molecule has 0 saturated heterocycles. The van der Waals surface area contributed by atoms with Gasteiger partial charge >= 0.3 is 0 Å². The van der Waals surface area contributed by atoms with Crippen molar-refractivity contribution in [3.05, 3.63) is 34.9 Å². The van der Waals surface area contributed by atoms with Crippen LogP contribution in [0.1, 0.15) is 25.5 Å². The summed E-state index contributed by atoms with van der Waals surface area (Å²) in [7, 11) is 0. The fraction of sp³-hybridized carbons (Fsp3) is 0.429. The zero-order valence-electron chi connectivity index (χ0n) is 11.8. The first-order valence-electron chi connectivity index (χ1n) is 6.65. The van der Waals surface area contributed by atoms with Gasteiger partial charge in [-0.05, 0) is 26.0 Å². The molecule has 0 radical (unpaired) electrons. The van der Waals surface area contributed by atoms with Gasteiger partial charge in [0.2, 0.25) is 5.91 Å². The third-order valence-corrected chi connectivity index (χ3v) is 3.09. The number of carbonyl (C=O) groups is 2. The maximum atomic E-state index is 11.6. The molecule has 5 nitrogen and oxygen atoms in total. The maximum absolute atomic E-state index is 11.6. The van der Waals surface area contributed by atoms with Gasteiger partial charge in [-0.1, -0.05) is 23.7 Å². The van der Waals surface area contributed by atoms with Gasteiger partial charge in [0.1, 0.15) is 6.04 Å². The molecule has 0 aliphatic heterocycles. The smallest absolute Gasteiger partial charge is 0.275 e. The summed E-state index contributed by atoms with van der Waals surface area (Å²) < 4.78 is 0. The van der Waals surface area contributed by atoms with E-state index in [1.807, 2.05) is 43.4 Å². The molecule has 4 N–H and O–H groups in total. The number of benzene rings is 1. The van der Waals surface area contributed by atoms with E-state index in [-0.39, 0.29) is 30.9 Å². The fourth-order valence-electron chi connectivity index (χ4n) is 1.72. The van der Waals surface area contributed by atoms with Crippen LogP contribution in [0.3, 0.4) is 0 Å². The molecule has 0 heterocycles. The number of nitrogens with two attached hydrogens (primary N) is 1. The van der Waals surface area contributed by atoms with E-state index in [1.165, 1.54) is 0 Å². The van der Waals surface area contributed by atoms with Gasteiger partial charge in [0.25, 0.3) is 5.91 Å². The summed E-state index contributed by atoms with van der Waals surface area (Å²) in [6, 6.07) is 7.69. The monoisotopic (exact) mass is 298 g/mol. The highest BCUT2D eigenvalue weighted by Gasteiger charge is 2.12. The third-order valence-electron chi connectivity index (χ3n) is 2.85. The Morgan fingerprint density at radius 3 is 2.70 bits per heavy atom. The van der Waals surface area contributed by atoms with Crippen molar-refractivity contribution in [3.63, 3.8) is 0 Å². The van der Waals surface area contributed by atoms with E-state index in [2.05, 4.69) is 10.6 Å². The summed E-state index contributed by atoms with van der Waals surface area (Å²) >= 11 is 5.93. The van der Waals surface area contributed by atoms with Crippen molar-refractivity contribution in [2.75, 3.05) is 19.6 Å². The lowest BCUT2D eigenvalue weighted by Crippen LogP contribution is -2.87. The van der Waals surface area contributed by atoms with Gasteiger partial charge in [-0.2, -0.15) is 0 Å². The van der Waals surface area contributed by atoms with Crippen LogP contribution in [0.15, 0.2) is 24.3 Å². The summed E-state index contributed by atoms with van der Waals surface area (Å²) in [6.45, 7) is 4.69.